The van der Waals surface area contributed by atoms with E-state index < -0.39 is 21.7 Å². The van der Waals surface area contributed by atoms with Crippen LogP contribution in [0.25, 0.3) is 0 Å². The Morgan fingerprint density at radius 1 is 1.10 bits per heavy atom. The van der Waals surface area contributed by atoms with Crippen molar-refractivity contribution in [2.24, 2.45) is 0 Å². The van der Waals surface area contributed by atoms with Crippen molar-refractivity contribution >= 4 is 21.6 Å². The highest BCUT2D eigenvalue weighted by Gasteiger charge is 2.27. The molecule has 0 spiro atoms. The summed E-state index contributed by atoms with van der Waals surface area (Å²) < 4.78 is 58.8. The molecule has 1 heterocycles. The standard InChI is InChI=1S/C21H25F2N3O4S/c1-25-9-11-26(12-10-25)31(28,29)18-5-2-4-17(15-18)24-21(27)6-3-13-30-20-8-7-16(22)14-19(20)23/h2,4-5,7-8,14-15H,3,6,9-13H2,1H3,(H,24,27). The first-order valence-corrected chi connectivity index (χ1v) is 11.4. The van der Waals surface area contributed by atoms with Crippen LogP contribution in [0.3, 0.4) is 0 Å². The molecule has 168 valence electrons. The Kier molecular flexibility index (Phi) is 7.58. The van der Waals surface area contributed by atoms with Crippen molar-refractivity contribution in [1.29, 1.82) is 0 Å². The predicted molar refractivity (Wildman–Crippen MR) is 112 cm³/mol. The van der Waals surface area contributed by atoms with E-state index >= 15 is 0 Å². The topological polar surface area (TPSA) is 79.0 Å². The fourth-order valence-corrected chi connectivity index (χ4v) is 4.61. The van der Waals surface area contributed by atoms with Gasteiger partial charge in [0, 0.05) is 44.4 Å². The number of amides is 1. The minimum absolute atomic E-state index is 0.0772. The van der Waals surface area contributed by atoms with Gasteiger partial charge in [-0.3, -0.25) is 4.79 Å². The molecule has 31 heavy (non-hydrogen) atoms. The van der Waals surface area contributed by atoms with Crippen LogP contribution in [0.5, 0.6) is 5.75 Å². The lowest BCUT2D eigenvalue weighted by Gasteiger charge is -2.31. The van der Waals surface area contributed by atoms with Gasteiger partial charge >= 0.3 is 0 Å². The van der Waals surface area contributed by atoms with Crippen LogP contribution in [0.4, 0.5) is 14.5 Å². The summed E-state index contributed by atoms with van der Waals surface area (Å²) >= 11 is 0. The Hall–Kier alpha value is -2.56. The fourth-order valence-electron chi connectivity index (χ4n) is 3.14. The number of carbonyl (C=O) groups is 1. The second-order valence-electron chi connectivity index (χ2n) is 7.31. The van der Waals surface area contributed by atoms with Gasteiger partial charge in [0.25, 0.3) is 0 Å². The summed E-state index contributed by atoms with van der Waals surface area (Å²) in [4.78, 5) is 14.4. The first kappa shape index (κ1) is 23.1. The zero-order chi connectivity index (χ0) is 22.4. The Morgan fingerprint density at radius 3 is 2.55 bits per heavy atom. The molecule has 0 radical (unpaired) electrons. The van der Waals surface area contributed by atoms with Gasteiger partial charge in [0.05, 0.1) is 11.5 Å². The third-order valence-corrected chi connectivity index (χ3v) is 6.81. The molecule has 0 aromatic heterocycles. The second-order valence-corrected chi connectivity index (χ2v) is 9.25. The van der Waals surface area contributed by atoms with E-state index in [4.69, 9.17) is 4.74 Å². The summed E-state index contributed by atoms with van der Waals surface area (Å²) in [5.74, 6) is -1.90. The van der Waals surface area contributed by atoms with Crippen molar-refractivity contribution in [2.75, 3.05) is 45.2 Å². The van der Waals surface area contributed by atoms with Crippen LogP contribution >= 0.6 is 0 Å². The molecule has 2 aromatic rings. The van der Waals surface area contributed by atoms with E-state index in [2.05, 4.69) is 10.2 Å². The first-order chi connectivity index (χ1) is 14.8. The van der Waals surface area contributed by atoms with Gasteiger partial charge in [0.2, 0.25) is 15.9 Å². The number of anilines is 1. The quantitative estimate of drug-likeness (QED) is 0.622. The zero-order valence-electron chi connectivity index (χ0n) is 17.2. The number of halogens is 2. The number of likely N-dealkylation sites (N-methyl/N-ethyl adjacent to an activating group) is 1. The fraction of sp³-hybridized carbons (Fsp3) is 0.381. The van der Waals surface area contributed by atoms with Gasteiger partial charge in [-0.2, -0.15) is 4.31 Å². The number of carbonyl (C=O) groups excluding carboxylic acids is 1. The van der Waals surface area contributed by atoms with E-state index in [1.54, 1.807) is 12.1 Å². The molecule has 0 saturated carbocycles. The smallest absolute Gasteiger partial charge is 0.243 e. The third kappa shape index (κ3) is 6.22. The summed E-state index contributed by atoms with van der Waals surface area (Å²) in [6.45, 7) is 2.25. The van der Waals surface area contributed by atoms with Gasteiger partial charge in [-0.05, 0) is 43.8 Å². The summed E-state index contributed by atoms with van der Waals surface area (Å²) in [7, 11) is -1.68. The molecule has 2 aromatic carbocycles. The summed E-state index contributed by atoms with van der Waals surface area (Å²) in [6, 6.07) is 9.16. The van der Waals surface area contributed by atoms with Crippen molar-refractivity contribution in [3.63, 3.8) is 0 Å². The summed E-state index contributed by atoms with van der Waals surface area (Å²) in [6.07, 6.45) is 0.403. The molecule has 3 rings (SSSR count). The van der Waals surface area contributed by atoms with Crippen LogP contribution in [0.2, 0.25) is 0 Å². The van der Waals surface area contributed by atoms with E-state index in [1.165, 1.54) is 22.5 Å². The SMILES string of the molecule is CN1CCN(S(=O)(=O)c2cccc(NC(=O)CCCOc3ccc(F)cc3F)c2)CC1. The Balaban J connectivity index is 1.51. The van der Waals surface area contributed by atoms with Crippen LogP contribution in [0.15, 0.2) is 47.4 Å². The lowest BCUT2D eigenvalue weighted by molar-refractivity contribution is -0.116. The molecule has 7 nitrogen and oxygen atoms in total. The number of rotatable bonds is 8. The van der Waals surface area contributed by atoms with Crippen molar-refractivity contribution < 1.29 is 26.7 Å². The number of piperazine rings is 1. The largest absolute Gasteiger partial charge is 0.491 e. The number of hydrogen-bond donors (Lipinski definition) is 1. The highest BCUT2D eigenvalue weighted by molar-refractivity contribution is 7.89. The maximum atomic E-state index is 13.5. The summed E-state index contributed by atoms with van der Waals surface area (Å²) in [5, 5.41) is 2.67. The molecular formula is C21H25F2N3O4S. The Labute approximate surface area is 180 Å². The molecule has 1 saturated heterocycles. The Bertz CT molecular complexity index is 1030. The van der Waals surface area contributed by atoms with Gasteiger partial charge in [-0.25, -0.2) is 17.2 Å². The minimum atomic E-state index is -3.63. The maximum absolute atomic E-state index is 13.5. The second kappa shape index (κ2) is 10.2. The molecule has 0 bridgehead atoms. The van der Waals surface area contributed by atoms with Crippen molar-refractivity contribution in [3.05, 3.63) is 54.1 Å². The highest BCUT2D eigenvalue weighted by Crippen LogP contribution is 2.21. The maximum Gasteiger partial charge on any atom is 0.243 e. The van der Waals surface area contributed by atoms with E-state index in [-0.39, 0.29) is 29.6 Å². The third-order valence-electron chi connectivity index (χ3n) is 4.92. The van der Waals surface area contributed by atoms with E-state index in [1.807, 2.05) is 7.05 Å². The first-order valence-electron chi connectivity index (χ1n) is 9.92. The van der Waals surface area contributed by atoms with E-state index in [9.17, 15) is 22.0 Å². The Morgan fingerprint density at radius 2 is 1.84 bits per heavy atom. The van der Waals surface area contributed by atoms with Gasteiger partial charge in [0.15, 0.2) is 11.6 Å². The van der Waals surface area contributed by atoms with Crippen LogP contribution in [0.1, 0.15) is 12.8 Å². The normalized spacial score (nSPS) is 15.6. The molecule has 1 fully saturated rings. The average Bonchev–Trinajstić information content (AvgIpc) is 2.73. The van der Waals surface area contributed by atoms with Gasteiger partial charge in [0.1, 0.15) is 5.82 Å². The van der Waals surface area contributed by atoms with Crippen molar-refractivity contribution in [2.45, 2.75) is 17.7 Å². The lowest BCUT2D eigenvalue weighted by atomic mass is 10.2. The van der Waals surface area contributed by atoms with Crippen molar-refractivity contribution in [3.8, 4) is 5.75 Å². The van der Waals surface area contributed by atoms with Gasteiger partial charge < -0.3 is 15.0 Å². The number of nitrogens with one attached hydrogen (secondary N) is 1. The van der Waals surface area contributed by atoms with Gasteiger partial charge in [-0.15, -0.1) is 0 Å². The number of hydrogen-bond acceptors (Lipinski definition) is 5. The molecule has 1 N–H and O–H groups in total. The van der Waals surface area contributed by atoms with E-state index in [0.717, 1.165) is 12.1 Å². The van der Waals surface area contributed by atoms with Crippen LogP contribution in [-0.4, -0.2) is 63.4 Å². The molecule has 1 amide bonds. The van der Waals surface area contributed by atoms with Gasteiger partial charge in [-0.1, -0.05) is 6.07 Å². The molecule has 0 unspecified atom stereocenters. The number of ether oxygens (including phenoxy) is 1. The zero-order valence-corrected chi connectivity index (χ0v) is 18.0. The van der Waals surface area contributed by atoms with Crippen LogP contribution in [-0.2, 0) is 14.8 Å². The molecular weight excluding hydrogens is 428 g/mol. The molecule has 0 aliphatic carbocycles. The summed E-state index contributed by atoms with van der Waals surface area (Å²) in [5.41, 5.74) is 0.380. The molecule has 0 atom stereocenters. The van der Waals surface area contributed by atoms with Crippen LogP contribution in [0, 0.1) is 11.6 Å². The number of nitrogens with zero attached hydrogens (tertiary/aromatic N) is 2. The minimum Gasteiger partial charge on any atom is -0.491 e. The van der Waals surface area contributed by atoms with Crippen molar-refractivity contribution in [1.82, 2.24) is 9.21 Å². The molecule has 1 aliphatic rings. The molecule has 10 heteroatoms. The average molecular weight is 454 g/mol. The predicted octanol–water partition coefficient (Wildman–Crippen LogP) is 2.70. The van der Waals surface area contributed by atoms with Crippen LogP contribution < -0.4 is 10.1 Å². The van der Waals surface area contributed by atoms with E-state index in [0.29, 0.717) is 38.3 Å². The highest BCUT2D eigenvalue weighted by atomic mass is 32.2. The monoisotopic (exact) mass is 453 g/mol. The lowest BCUT2D eigenvalue weighted by Crippen LogP contribution is -2.47. The number of sulfonamides is 1. The molecule has 1 aliphatic heterocycles. The number of benzene rings is 2.